The van der Waals surface area contributed by atoms with Crippen LogP contribution in [-0.2, 0) is 0 Å². The van der Waals surface area contributed by atoms with Crippen LogP contribution in [0.5, 0.6) is 0 Å². The van der Waals surface area contributed by atoms with Gasteiger partial charge in [0.05, 0.1) is 0 Å². The van der Waals surface area contributed by atoms with Gasteiger partial charge >= 0.3 is 0 Å². The van der Waals surface area contributed by atoms with Gasteiger partial charge in [-0.3, -0.25) is 0 Å². The van der Waals surface area contributed by atoms with Gasteiger partial charge in [-0.25, -0.2) is 0 Å². The van der Waals surface area contributed by atoms with E-state index in [0.717, 1.165) is 17.8 Å². The fourth-order valence-corrected chi connectivity index (χ4v) is 5.49. The molecule has 0 spiro atoms. The van der Waals surface area contributed by atoms with Crippen LogP contribution < -0.4 is 0 Å². The summed E-state index contributed by atoms with van der Waals surface area (Å²) < 4.78 is 0. The molecule has 2 rings (SSSR count). The molecule has 0 unspecified atom stereocenters. The Hall–Kier alpha value is 0.170. The lowest BCUT2D eigenvalue weighted by Crippen LogP contribution is -2.25. The predicted octanol–water partition coefficient (Wildman–Crippen LogP) is 5.28. The zero-order valence-electron chi connectivity index (χ0n) is 11.7. The maximum Gasteiger partial charge on any atom is -0.0322 e. The van der Waals surface area contributed by atoms with E-state index in [1.54, 1.807) is 25.2 Å². The van der Waals surface area contributed by atoms with Crippen molar-refractivity contribution in [3.05, 3.63) is 12.2 Å². The van der Waals surface area contributed by atoms with Crippen molar-refractivity contribution in [2.24, 2.45) is 17.8 Å². The highest BCUT2D eigenvalue weighted by atomic mass is 31.1. The lowest BCUT2D eigenvalue weighted by molar-refractivity contribution is 0.195. The molecule has 1 heteroatoms. The normalized spacial score (nSPS) is 39.6. The molecule has 1 aliphatic carbocycles. The summed E-state index contributed by atoms with van der Waals surface area (Å²) in [4.78, 5) is 0. The van der Waals surface area contributed by atoms with E-state index in [-0.39, 0.29) is 0 Å². The molecular formula is C16H29P. The van der Waals surface area contributed by atoms with Gasteiger partial charge in [0.25, 0.3) is 0 Å². The lowest BCUT2D eigenvalue weighted by Gasteiger charge is -2.37. The van der Waals surface area contributed by atoms with Gasteiger partial charge in [0.1, 0.15) is 0 Å². The van der Waals surface area contributed by atoms with Crippen LogP contribution in [0.15, 0.2) is 12.2 Å². The van der Waals surface area contributed by atoms with Crippen LogP contribution in [0, 0.1) is 17.8 Å². The Morgan fingerprint density at radius 2 is 1.53 bits per heavy atom. The SMILES string of the molecule is C/C=C/CC1CCC(C2CCP(C)CC2)CC1. The van der Waals surface area contributed by atoms with Crippen LogP contribution in [0.3, 0.4) is 0 Å². The van der Waals surface area contributed by atoms with Crippen LogP contribution in [-0.4, -0.2) is 19.0 Å². The van der Waals surface area contributed by atoms with Crippen LogP contribution in [0.1, 0.15) is 51.9 Å². The number of rotatable bonds is 3. The molecule has 1 heterocycles. The second-order valence-electron chi connectivity index (χ2n) is 6.23. The number of hydrogen-bond donors (Lipinski definition) is 0. The number of allylic oxidation sites excluding steroid dienone is 2. The minimum atomic E-state index is 0.435. The maximum atomic E-state index is 2.50. The number of hydrogen-bond acceptors (Lipinski definition) is 0. The summed E-state index contributed by atoms with van der Waals surface area (Å²) in [5.74, 6) is 3.21. The molecule has 0 aromatic rings. The fourth-order valence-electron chi connectivity index (χ4n) is 3.72. The van der Waals surface area contributed by atoms with E-state index in [0.29, 0.717) is 7.92 Å². The van der Waals surface area contributed by atoms with E-state index in [9.17, 15) is 0 Å². The van der Waals surface area contributed by atoms with Gasteiger partial charge < -0.3 is 0 Å². The quantitative estimate of drug-likeness (QED) is 0.473. The molecule has 2 aliphatic rings. The van der Waals surface area contributed by atoms with Crippen molar-refractivity contribution in [1.29, 1.82) is 0 Å². The second kappa shape index (κ2) is 6.93. The van der Waals surface area contributed by atoms with E-state index >= 15 is 0 Å². The van der Waals surface area contributed by atoms with Crippen molar-refractivity contribution in [3.63, 3.8) is 0 Å². The van der Waals surface area contributed by atoms with Crippen LogP contribution in [0.25, 0.3) is 0 Å². The molecule has 1 saturated carbocycles. The summed E-state index contributed by atoms with van der Waals surface area (Å²) in [7, 11) is 0.435. The maximum absolute atomic E-state index is 2.50. The Morgan fingerprint density at radius 3 is 2.12 bits per heavy atom. The van der Waals surface area contributed by atoms with Gasteiger partial charge in [0.15, 0.2) is 0 Å². The van der Waals surface area contributed by atoms with Gasteiger partial charge in [-0.2, -0.15) is 0 Å². The third-order valence-corrected chi connectivity index (χ3v) is 7.07. The van der Waals surface area contributed by atoms with E-state index in [4.69, 9.17) is 0 Å². The van der Waals surface area contributed by atoms with Crippen molar-refractivity contribution in [2.45, 2.75) is 51.9 Å². The third kappa shape index (κ3) is 4.09. The summed E-state index contributed by atoms with van der Waals surface area (Å²) in [6, 6.07) is 0. The molecule has 2 fully saturated rings. The highest BCUT2D eigenvalue weighted by molar-refractivity contribution is 7.56. The summed E-state index contributed by atoms with van der Waals surface area (Å²) in [5, 5.41) is 0. The third-order valence-electron chi connectivity index (χ3n) is 5.03. The molecule has 0 nitrogen and oxygen atoms in total. The largest absolute Gasteiger partial charge is 0.110 e. The smallest absolute Gasteiger partial charge is 0.0322 e. The van der Waals surface area contributed by atoms with Crippen molar-refractivity contribution < 1.29 is 0 Å². The Morgan fingerprint density at radius 1 is 0.941 bits per heavy atom. The van der Waals surface area contributed by atoms with Crippen molar-refractivity contribution in [3.8, 4) is 0 Å². The molecule has 0 aromatic heterocycles. The second-order valence-corrected chi connectivity index (χ2v) is 8.83. The van der Waals surface area contributed by atoms with Gasteiger partial charge in [-0.15, -0.1) is 7.92 Å². The van der Waals surface area contributed by atoms with Crippen molar-refractivity contribution >= 4 is 7.92 Å². The standard InChI is InChI=1S/C16H29P/c1-3-4-5-14-6-8-15(9-7-14)16-10-12-17(2)13-11-16/h3-4,14-16H,5-13H2,1-2H3/b4-3+. The first-order valence-corrected chi connectivity index (χ1v) is 9.75. The minimum Gasteiger partial charge on any atom is -0.110 e. The zero-order chi connectivity index (χ0) is 12.1. The average molecular weight is 252 g/mol. The molecule has 0 aromatic carbocycles. The van der Waals surface area contributed by atoms with Crippen molar-refractivity contribution in [1.82, 2.24) is 0 Å². The summed E-state index contributed by atoms with van der Waals surface area (Å²) in [6.07, 6.45) is 18.3. The molecule has 0 radical (unpaired) electrons. The molecule has 1 saturated heterocycles. The van der Waals surface area contributed by atoms with Gasteiger partial charge in [0.2, 0.25) is 0 Å². The molecule has 17 heavy (non-hydrogen) atoms. The zero-order valence-corrected chi connectivity index (χ0v) is 12.6. The van der Waals surface area contributed by atoms with Crippen molar-refractivity contribution in [2.75, 3.05) is 19.0 Å². The molecule has 0 atom stereocenters. The highest BCUT2D eigenvalue weighted by Gasteiger charge is 2.29. The molecular weight excluding hydrogens is 223 g/mol. The Labute approximate surface area is 109 Å². The van der Waals surface area contributed by atoms with E-state index in [1.807, 2.05) is 0 Å². The topological polar surface area (TPSA) is 0 Å². The van der Waals surface area contributed by atoms with E-state index in [2.05, 4.69) is 25.7 Å². The minimum absolute atomic E-state index is 0.435. The molecule has 0 bridgehead atoms. The molecule has 0 N–H and O–H groups in total. The molecule has 0 amide bonds. The first-order chi connectivity index (χ1) is 8.29. The van der Waals surface area contributed by atoms with Crippen LogP contribution in [0.2, 0.25) is 0 Å². The highest BCUT2D eigenvalue weighted by Crippen LogP contribution is 2.46. The fraction of sp³-hybridized carbons (Fsp3) is 0.875. The van der Waals surface area contributed by atoms with Gasteiger partial charge in [0, 0.05) is 0 Å². The Kier molecular flexibility index (Phi) is 5.54. The molecule has 1 aliphatic heterocycles. The Bertz CT molecular complexity index is 230. The Balaban J connectivity index is 1.71. The first-order valence-electron chi connectivity index (χ1n) is 7.59. The predicted molar refractivity (Wildman–Crippen MR) is 80.2 cm³/mol. The van der Waals surface area contributed by atoms with Gasteiger partial charge in [-0.05, 0) is 88.6 Å². The monoisotopic (exact) mass is 252 g/mol. The first kappa shape index (κ1) is 13.6. The van der Waals surface area contributed by atoms with Crippen LogP contribution in [0.4, 0.5) is 0 Å². The summed E-state index contributed by atoms with van der Waals surface area (Å²) in [5.41, 5.74) is 0. The average Bonchev–Trinajstić information content (AvgIpc) is 2.38. The molecule has 98 valence electrons. The lowest BCUT2D eigenvalue weighted by atomic mass is 9.73. The van der Waals surface area contributed by atoms with E-state index < -0.39 is 0 Å². The van der Waals surface area contributed by atoms with Gasteiger partial charge in [-0.1, -0.05) is 12.2 Å². The summed E-state index contributed by atoms with van der Waals surface area (Å²) >= 11 is 0. The summed E-state index contributed by atoms with van der Waals surface area (Å²) in [6.45, 7) is 4.65. The van der Waals surface area contributed by atoms with E-state index in [1.165, 1.54) is 32.1 Å². The van der Waals surface area contributed by atoms with Crippen LogP contribution >= 0.6 is 7.92 Å².